The lowest BCUT2D eigenvalue weighted by Crippen LogP contribution is -2.13. The fourth-order valence-corrected chi connectivity index (χ4v) is 1.04. The highest BCUT2D eigenvalue weighted by Gasteiger charge is 2.34. The molecule has 0 radical (unpaired) electrons. The summed E-state index contributed by atoms with van der Waals surface area (Å²) in [5.41, 5.74) is -1.23. The summed E-state index contributed by atoms with van der Waals surface area (Å²) in [6.07, 6.45) is -4.61. The molecule has 1 rings (SSSR count). The van der Waals surface area contributed by atoms with E-state index in [1.807, 2.05) is 9.24 Å². The van der Waals surface area contributed by atoms with E-state index in [-0.39, 0.29) is 5.30 Å². The molecule has 0 aromatic heterocycles. The van der Waals surface area contributed by atoms with Crippen molar-refractivity contribution in [3.05, 3.63) is 29.6 Å². The highest BCUT2D eigenvalue weighted by Crippen LogP contribution is 2.30. The number of alkyl halides is 3. The Bertz CT molecular complexity index is 292. The van der Waals surface area contributed by atoms with Gasteiger partial charge >= 0.3 is 6.18 Å². The highest BCUT2D eigenvalue weighted by molar-refractivity contribution is 7.27. The Morgan fingerprint density at radius 2 is 1.75 bits per heavy atom. The van der Waals surface area contributed by atoms with Crippen LogP contribution >= 0.6 is 9.24 Å². The average Bonchev–Trinajstić information content (AvgIpc) is 1.92. The second-order valence-electron chi connectivity index (χ2n) is 2.21. The van der Waals surface area contributed by atoms with Crippen molar-refractivity contribution in [1.82, 2.24) is 0 Å². The Morgan fingerprint density at radius 3 is 2.17 bits per heavy atom. The first-order valence-corrected chi connectivity index (χ1v) is 3.62. The van der Waals surface area contributed by atoms with Gasteiger partial charge in [0.05, 0.1) is 5.56 Å². The van der Waals surface area contributed by atoms with Gasteiger partial charge in [0.25, 0.3) is 0 Å². The summed E-state index contributed by atoms with van der Waals surface area (Å²) in [7, 11) is 1.90. The monoisotopic (exact) mass is 196 g/mol. The number of benzene rings is 1. The Morgan fingerprint density at radius 1 is 1.17 bits per heavy atom. The molecular weight excluding hydrogens is 191 g/mol. The summed E-state index contributed by atoms with van der Waals surface area (Å²) in [5, 5.41) is -0.0789. The van der Waals surface area contributed by atoms with Gasteiger partial charge in [-0.3, -0.25) is 0 Å². The highest BCUT2D eigenvalue weighted by atomic mass is 31.0. The predicted octanol–water partition coefficient (Wildman–Crippen LogP) is 2.34. The van der Waals surface area contributed by atoms with Crippen LogP contribution in [-0.2, 0) is 6.18 Å². The van der Waals surface area contributed by atoms with Crippen LogP contribution in [0.15, 0.2) is 18.2 Å². The van der Waals surface area contributed by atoms with Crippen LogP contribution in [-0.4, -0.2) is 0 Å². The molecule has 0 saturated carbocycles. The van der Waals surface area contributed by atoms with Crippen LogP contribution in [0.2, 0.25) is 0 Å². The van der Waals surface area contributed by atoms with Crippen LogP contribution in [0.25, 0.3) is 0 Å². The Labute approximate surface area is 68.8 Å². The lowest BCUT2D eigenvalue weighted by atomic mass is 10.2. The molecule has 0 nitrogen and oxygen atoms in total. The van der Waals surface area contributed by atoms with Crippen molar-refractivity contribution in [2.45, 2.75) is 6.18 Å². The van der Waals surface area contributed by atoms with Crippen LogP contribution in [0, 0.1) is 5.82 Å². The molecular formula is C7H5F4P. The minimum atomic E-state index is -4.61. The zero-order chi connectivity index (χ0) is 9.35. The molecule has 0 aliphatic rings. The zero-order valence-electron chi connectivity index (χ0n) is 5.82. The molecule has 66 valence electrons. The van der Waals surface area contributed by atoms with E-state index >= 15 is 0 Å². The zero-order valence-corrected chi connectivity index (χ0v) is 6.98. The van der Waals surface area contributed by atoms with E-state index in [0.717, 1.165) is 6.07 Å². The summed E-state index contributed by atoms with van der Waals surface area (Å²) >= 11 is 0. The molecule has 0 amide bonds. The molecule has 0 aliphatic carbocycles. The van der Waals surface area contributed by atoms with Crippen molar-refractivity contribution in [1.29, 1.82) is 0 Å². The van der Waals surface area contributed by atoms with E-state index in [0.29, 0.717) is 6.07 Å². The van der Waals surface area contributed by atoms with E-state index in [1.165, 1.54) is 6.07 Å². The lowest BCUT2D eigenvalue weighted by molar-refractivity contribution is -0.139. The molecule has 0 saturated heterocycles. The SMILES string of the molecule is Fc1c(P)cccc1C(F)(F)F. The van der Waals surface area contributed by atoms with Gasteiger partial charge in [-0.25, -0.2) is 4.39 Å². The molecule has 0 aliphatic heterocycles. The summed E-state index contributed by atoms with van der Waals surface area (Å²) in [5.74, 6) is -1.23. The quantitative estimate of drug-likeness (QED) is 0.441. The first kappa shape index (κ1) is 9.46. The second-order valence-corrected chi connectivity index (χ2v) is 2.83. The maximum absolute atomic E-state index is 12.8. The standard InChI is InChI=1S/C7H5F4P/c8-6-4(7(9,10)11)2-1-3-5(6)12/h1-3H,12H2. The topological polar surface area (TPSA) is 0 Å². The maximum atomic E-state index is 12.8. The van der Waals surface area contributed by atoms with Crippen molar-refractivity contribution in [3.63, 3.8) is 0 Å². The Hall–Kier alpha value is -0.630. The summed E-state index contributed by atoms with van der Waals surface area (Å²) in [4.78, 5) is 0. The van der Waals surface area contributed by atoms with E-state index in [1.54, 1.807) is 0 Å². The van der Waals surface area contributed by atoms with Gasteiger partial charge in [0.2, 0.25) is 0 Å². The summed E-state index contributed by atoms with van der Waals surface area (Å²) in [6.45, 7) is 0. The fraction of sp³-hybridized carbons (Fsp3) is 0.143. The number of halogens is 4. The molecule has 1 unspecified atom stereocenters. The molecule has 0 bridgehead atoms. The molecule has 0 fully saturated rings. The van der Waals surface area contributed by atoms with Crippen LogP contribution in [0.3, 0.4) is 0 Å². The largest absolute Gasteiger partial charge is 0.419 e. The minimum absolute atomic E-state index is 0.0789. The molecule has 5 heteroatoms. The summed E-state index contributed by atoms with van der Waals surface area (Å²) in [6, 6.07) is 3.13. The van der Waals surface area contributed by atoms with Gasteiger partial charge in [0.15, 0.2) is 0 Å². The van der Waals surface area contributed by atoms with Gasteiger partial charge in [0, 0.05) is 5.30 Å². The number of hydrogen-bond acceptors (Lipinski definition) is 0. The molecule has 1 aromatic rings. The maximum Gasteiger partial charge on any atom is 0.419 e. The van der Waals surface area contributed by atoms with Crippen molar-refractivity contribution in [2.75, 3.05) is 0 Å². The second kappa shape index (κ2) is 3.02. The van der Waals surface area contributed by atoms with Crippen molar-refractivity contribution in [2.24, 2.45) is 0 Å². The lowest BCUT2D eigenvalue weighted by Gasteiger charge is -2.08. The molecule has 12 heavy (non-hydrogen) atoms. The minimum Gasteiger partial charge on any atom is -0.206 e. The van der Waals surface area contributed by atoms with Crippen LogP contribution in [0.4, 0.5) is 17.6 Å². The molecule has 0 heterocycles. The molecule has 1 atom stereocenters. The average molecular weight is 196 g/mol. The first-order valence-electron chi connectivity index (χ1n) is 3.04. The van der Waals surface area contributed by atoms with Crippen molar-refractivity contribution in [3.8, 4) is 0 Å². The van der Waals surface area contributed by atoms with E-state index in [9.17, 15) is 17.6 Å². The van der Waals surface area contributed by atoms with Gasteiger partial charge in [-0.15, -0.1) is 9.24 Å². The third kappa shape index (κ3) is 1.75. The Balaban J connectivity index is 3.26. The van der Waals surface area contributed by atoms with Crippen molar-refractivity contribution < 1.29 is 17.6 Å². The van der Waals surface area contributed by atoms with E-state index in [4.69, 9.17) is 0 Å². The van der Waals surface area contributed by atoms with E-state index in [2.05, 4.69) is 0 Å². The Kier molecular flexibility index (Phi) is 2.38. The van der Waals surface area contributed by atoms with Gasteiger partial charge in [-0.2, -0.15) is 13.2 Å². The predicted molar refractivity (Wildman–Crippen MR) is 40.7 cm³/mol. The van der Waals surface area contributed by atoms with Gasteiger partial charge in [-0.05, 0) is 6.07 Å². The normalized spacial score (nSPS) is 11.8. The van der Waals surface area contributed by atoms with Gasteiger partial charge in [-0.1, -0.05) is 12.1 Å². The van der Waals surface area contributed by atoms with Crippen molar-refractivity contribution >= 4 is 14.5 Å². The third-order valence-electron chi connectivity index (χ3n) is 1.33. The molecule has 0 N–H and O–H groups in total. The number of hydrogen-bond donors (Lipinski definition) is 0. The third-order valence-corrected chi connectivity index (χ3v) is 1.78. The fourth-order valence-electron chi connectivity index (χ4n) is 0.769. The van der Waals surface area contributed by atoms with Crippen LogP contribution in [0.1, 0.15) is 5.56 Å². The number of rotatable bonds is 0. The van der Waals surface area contributed by atoms with Gasteiger partial charge in [0.1, 0.15) is 5.82 Å². The smallest absolute Gasteiger partial charge is 0.206 e. The molecule has 0 spiro atoms. The summed E-state index contributed by atoms with van der Waals surface area (Å²) < 4.78 is 48.7. The van der Waals surface area contributed by atoms with Crippen LogP contribution < -0.4 is 5.30 Å². The van der Waals surface area contributed by atoms with Gasteiger partial charge < -0.3 is 0 Å². The van der Waals surface area contributed by atoms with Crippen LogP contribution in [0.5, 0.6) is 0 Å². The first-order chi connectivity index (χ1) is 5.43. The van der Waals surface area contributed by atoms with E-state index < -0.39 is 17.6 Å². The molecule has 1 aromatic carbocycles.